The summed E-state index contributed by atoms with van der Waals surface area (Å²) in [5.41, 5.74) is 1.92. The van der Waals surface area contributed by atoms with Crippen LogP contribution in [0.2, 0.25) is 0 Å². The standard InChI is InChI=1S/C17H26BNO2/c1-16(2)17(3,4)21-18(20-16)15-12-19-11-10-14(15)13-8-6-5-7-9-13/h10-13H,5-9H2,1-4H3. The van der Waals surface area contributed by atoms with Gasteiger partial charge in [-0.2, -0.15) is 0 Å². The highest BCUT2D eigenvalue weighted by molar-refractivity contribution is 6.62. The van der Waals surface area contributed by atoms with E-state index in [1.165, 1.54) is 37.7 Å². The highest BCUT2D eigenvalue weighted by Gasteiger charge is 2.52. The van der Waals surface area contributed by atoms with Gasteiger partial charge in [-0.1, -0.05) is 19.3 Å². The molecule has 1 aliphatic carbocycles. The fourth-order valence-corrected chi connectivity index (χ4v) is 3.37. The molecule has 1 aromatic rings. The summed E-state index contributed by atoms with van der Waals surface area (Å²) in [5, 5.41) is 0. The second-order valence-electron chi connectivity index (χ2n) is 7.43. The average molecular weight is 287 g/mol. The van der Waals surface area contributed by atoms with Gasteiger partial charge >= 0.3 is 7.12 Å². The van der Waals surface area contributed by atoms with Crippen LogP contribution in [0.1, 0.15) is 71.3 Å². The lowest BCUT2D eigenvalue weighted by Gasteiger charge is -2.32. The van der Waals surface area contributed by atoms with Gasteiger partial charge in [-0.05, 0) is 58.1 Å². The molecule has 0 aromatic carbocycles. The van der Waals surface area contributed by atoms with Crippen molar-refractivity contribution in [2.45, 2.75) is 76.9 Å². The first-order valence-electron chi connectivity index (χ1n) is 8.20. The number of rotatable bonds is 2. The second kappa shape index (κ2) is 5.40. The second-order valence-corrected chi connectivity index (χ2v) is 7.43. The van der Waals surface area contributed by atoms with Crippen molar-refractivity contribution in [1.29, 1.82) is 0 Å². The quantitative estimate of drug-likeness (QED) is 0.781. The van der Waals surface area contributed by atoms with Gasteiger partial charge < -0.3 is 9.31 Å². The summed E-state index contributed by atoms with van der Waals surface area (Å²) in [7, 11) is -0.291. The van der Waals surface area contributed by atoms with Gasteiger partial charge in [-0.25, -0.2) is 0 Å². The van der Waals surface area contributed by atoms with Gasteiger partial charge in [0.25, 0.3) is 0 Å². The van der Waals surface area contributed by atoms with Gasteiger partial charge in [0, 0.05) is 17.9 Å². The molecule has 2 heterocycles. The van der Waals surface area contributed by atoms with Crippen molar-refractivity contribution >= 4 is 12.6 Å². The third-order valence-electron chi connectivity index (χ3n) is 5.44. The fraction of sp³-hybridized carbons (Fsp3) is 0.706. The van der Waals surface area contributed by atoms with Crippen molar-refractivity contribution in [1.82, 2.24) is 4.98 Å². The molecule has 4 heteroatoms. The summed E-state index contributed by atoms with van der Waals surface area (Å²) in [5.74, 6) is 0.635. The summed E-state index contributed by atoms with van der Waals surface area (Å²) in [6.45, 7) is 8.40. The van der Waals surface area contributed by atoms with Gasteiger partial charge in [-0.3, -0.25) is 4.98 Å². The molecule has 1 saturated heterocycles. The molecule has 0 unspecified atom stereocenters. The molecular weight excluding hydrogens is 261 g/mol. The SMILES string of the molecule is CC1(C)OB(c2cnccc2C2CCCCC2)OC1(C)C. The third-order valence-corrected chi connectivity index (χ3v) is 5.44. The lowest BCUT2D eigenvalue weighted by molar-refractivity contribution is 0.00578. The van der Waals surface area contributed by atoms with E-state index in [1.807, 2.05) is 12.4 Å². The number of hydrogen-bond donors (Lipinski definition) is 0. The van der Waals surface area contributed by atoms with E-state index >= 15 is 0 Å². The molecule has 1 saturated carbocycles. The maximum atomic E-state index is 6.22. The van der Waals surface area contributed by atoms with E-state index in [0.29, 0.717) is 5.92 Å². The normalized spacial score (nSPS) is 25.2. The molecule has 3 rings (SSSR count). The minimum Gasteiger partial charge on any atom is -0.399 e. The number of hydrogen-bond acceptors (Lipinski definition) is 3. The maximum absolute atomic E-state index is 6.22. The molecule has 0 radical (unpaired) electrons. The van der Waals surface area contributed by atoms with E-state index in [2.05, 4.69) is 38.7 Å². The van der Waals surface area contributed by atoms with E-state index < -0.39 is 0 Å². The summed E-state index contributed by atoms with van der Waals surface area (Å²) in [6, 6.07) is 2.16. The van der Waals surface area contributed by atoms with Crippen LogP contribution >= 0.6 is 0 Å². The van der Waals surface area contributed by atoms with Gasteiger partial charge in [0.1, 0.15) is 0 Å². The van der Waals surface area contributed by atoms with Gasteiger partial charge in [0.2, 0.25) is 0 Å². The van der Waals surface area contributed by atoms with E-state index in [0.717, 1.165) is 5.46 Å². The summed E-state index contributed by atoms with van der Waals surface area (Å²) in [6.07, 6.45) is 10.4. The molecule has 1 aromatic heterocycles. The van der Waals surface area contributed by atoms with E-state index in [4.69, 9.17) is 9.31 Å². The third kappa shape index (κ3) is 2.76. The van der Waals surface area contributed by atoms with Gasteiger partial charge in [0.05, 0.1) is 11.2 Å². The number of pyridine rings is 1. The van der Waals surface area contributed by atoms with Crippen molar-refractivity contribution in [3.63, 3.8) is 0 Å². The Labute approximate surface area is 128 Å². The minimum atomic E-state index is -0.294. The molecule has 1 aliphatic heterocycles. The zero-order valence-corrected chi connectivity index (χ0v) is 13.7. The molecule has 2 fully saturated rings. The zero-order chi connectivity index (χ0) is 15.1. The lowest BCUT2D eigenvalue weighted by atomic mass is 9.71. The van der Waals surface area contributed by atoms with Crippen LogP contribution < -0.4 is 5.46 Å². The van der Waals surface area contributed by atoms with Crippen LogP contribution in [0.3, 0.4) is 0 Å². The predicted octanol–water partition coefficient (Wildman–Crippen LogP) is 3.43. The zero-order valence-electron chi connectivity index (χ0n) is 13.7. The Morgan fingerprint density at radius 2 is 1.67 bits per heavy atom. The first-order valence-corrected chi connectivity index (χ1v) is 8.20. The Kier molecular flexibility index (Phi) is 3.87. The van der Waals surface area contributed by atoms with Crippen LogP contribution in [-0.4, -0.2) is 23.3 Å². The molecule has 114 valence electrons. The van der Waals surface area contributed by atoms with Crippen LogP contribution in [0.5, 0.6) is 0 Å². The summed E-state index contributed by atoms with van der Waals surface area (Å²) in [4.78, 5) is 4.32. The molecule has 21 heavy (non-hydrogen) atoms. The molecule has 0 atom stereocenters. The Balaban J connectivity index is 1.89. The van der Waals surface area contributed by atoms with Crippen molar-refractivity contribution in [3.8, 4) is 0 Å². The van der Waals surface area contributed by atoms with Crippen molar-refractivity contribution in [2.75, 3.05) is 0 Å². The highest BCUT2D eigenvalue weighted by atomic mass is 16.7. The fourth-order valence-electron chi connectivity index (χ4n) is 3.37. The monoisotopic (exact) mass is 287 g/mol. The molecule has 3 nitrogen and oxygen atoms in total. The molecular formula is C17H26BNO2. The molecule has 2 aliphatic rings. The number of nitrogens with zero attached hydrogens (tertiary/aromatic N) is 1. The van der Waals surface area contributed by atoms with Gasteiger partial charge in [0.15, 0.2) is 0 Å². The topological polar surface area (TPSA) is 31.4 Å². The van der Waals surface area contributed by atoms with Crippen LogP contribution in [0.25, 0.3) is 0 Å². The van der Waals surface area contributed by atoms with Crippen molar-refractivity contribution in [2.24, 2.45) is 0 Å². The first-order chi connectivity index (χ1) is 9.91. The lowest BCUT2D eigenvalue weighted by Crippen LogP contribution is -2.41. The molecule has 0 spiro atoms. The van der Waals surface area contributed by atoms with Crippen LogP contribution in [-0.2, 0) is 9.31 Å². The van der Waals surface area contributed by atoms with Crippen molar-refractivity contribution < 1.29 is 9.31 Å². The smallest absolute Gasteiger partial charge is 0.399 e. The molecule has 0 N–H and O–H groups in total. The van der Waals surface area contributed by atoms with Crippen LogP contribution in [0, 0.1) is 0 Å². The Bertz CT molecular complexity index is 493. The van der Waals surface area contributed by atoms with E-state index in [9.17, 15) is 0 Å². The highest BCUT2D eigenvalue weighted by Crippen LogP contribution is 2.38. The minimum absolute atomic E-state index is 0.291. The number of aromatic nitrogens is 1. The van der Waals surface area contributed by atoms with Crippen LogP contribution in [0.4, 0.5) is 0 Å². The van der Waals surface area contributed by atoms with E-state index in [1.54, 1.807) is 0 Å². The van der Waals surface area contributed by atoms with Gasteiger partial charge in [-0.15, -0.1) is 0 Å². The first kappa shape index (κ1) is 15.0. The maximum Gasteiger partial charge on any atom is 0.496 e. The Morgan fingerprint density at radius 1 is 1.05 bits per heavy atom. The summed E-state index contributed by atoms with van der Waals surface area (Å²) < 4.78 is 12.4. The largest absolute Gasteiger partial charge is 0.496 e. The predicted molar refractivity (Wildman–Crippen MR) is 85.8 cm³/mol. The molecule has 0 amide bonds. The van der Waals surface area contributed by atoms with Crippen LogP contribution in [0.15, 0.2) is 18.5 Å². The summed E-state index contributed by atoms with van der Waals surface area (Å²) >= 11 is 0. The average Bonchev–Trinajstić information content (AvgIpc) is 2.68. The Morgan fingerprint density at radius 3 is 2.29 bits per heavy atom. The molecule has 0 bridgehead atoms. The van der Waals surface area contributed by atoms with E-state index in [-0.39, 0.29) is 18.3 Å². The Hall–Kier alpha value is -0.865. The van der Waals surface area contributed by atoms with Crippen molar-refractivity contribution in [3.05, 3.63) is 24.0 Å².